The Kier molecular flexibility index (Phi) is 3.43. The monoisotopic (exact) mass is 282 g/mol. The van der Waals surface area contributed by atoms with Crippen molar-refractivity contribution < 1.29 is 0 Å². The first-order valence-electron chi connectivity index (χ1n) is 6.54. The molecule has 20 heavy (non-hydrogen) atoms. The normalized spacial score (nSPS) is 10.9. The quantitative estimate of drug-likeness (QED) is 0.760. The van der Waals surface area contributed by atoms with Crippen molar-refractivity contribution in [2.24, 2.45) is 5.73 Å². The molecule has 0 aliphatic carbocycles. The molecule has 0 amide bonds. The van der Waals surface area contributed by atoms with Crippen molar-refractivity contribution in [1.82, 2.24) is 4.98 Å². The maximum atomic E-state index is 6.28. The van der Waals surface area contributed by atoms with Crippen LogP contribution in [0.1, 0.15) is 11.1 Å². The summed E-state index contributed by atoms with van der Waals surface area (Å²) < 4.78 is 0. The molecular formula is C17H15ClN2. The van der Waals surface area contributed by atoms with E-state index in [1.54, 1.807) is 0 Å². The van der Waals surface area contributed by atoms with E-state index >= 15 is 0 Å². The van der Waals surface area contributed by atoms with Crippen molar-refractivity contribution in [2.45, 2.75) is 13.5 Å². The molecule has 2 N–H and O–H groups in total. The predicted molar refractivity (Wildman–Crippen MR) is 84.8 cm³/mol. The molecule has 0 saturated heterocycles. The minimum Gasteiger partial charge on any atom is -0.326 e. The van der Waals surface area contributed by atoms with Crippen molar-refractivity contribution in [3.63, 3.8) is 0 Å². The number of nitrogens with zero attached hydrogens (tertiary/aromatic N) is 1. The summed E-state index contributed by atoms with van der Waals surface area (Å²) in [5, 5.41) is 1.81. The summed E-state index contributed by atoms with van der Waals surface area (Å²) in [6.45, 7) is 2.51. The zero-order valence-electron chi connectivity index (χ0n) is 11.2. The molecule has 0 aliphatic heterocycles. The van der Waals surface area contributed by atoms with Crippen molar-refractivity contribution in [3.05, 3.63) is 64.7 Å². The topological polar surface area (TPSA) is 38.9 Å². The molecule has 0 saturated carbocycles. The molecule has 1 heterocycles. The van der Waals surface area contributed by atoms with E-state index in [2.05, 4.69) is 25.1 Å². The van der Waals surface area contributed by atoms with E-state index in [0.717, 1.165) is 27.7 Å². The Labute approximate surface area is 123 Å². The SMILES string of the molecule is Cc1ccc2nc(-c3ccccc3Cl)c(CN)cc2c1. The van der Waals surface area contributed by atoms with E-state index in [4.69, 9.17) is 22.3 Å². The molecule has 1 aromatic heterocycles. The third kappa shape index (κ3) is 2.28. The number of aryl methyl sites for hydroxylation is 1. The van der Waals surface area contributed by atoms with Crippen molar-refractivity contribution in [3.8, 4) is 11.3 Å². The molecule has 0 fully saturated rings. The Morgan fingerprint density at radius 1 is 1.10 bits per heavy atom. The van der Waals surface area contributed by atoms with Gasteiger partial charge in [-0.2, -0.15) is 0 Å². The highest BCUT2D eigenvalue weighted by Gasteiger charge is 2.11. The number of fused-ring (bicyclic) bond motifs is 1. The molecule has 3 aromatic rings. The molecule has 2 nitrogen and oxygen atoms in total. The van der Waals surface area contributed by atoms with E-state index in [1.165, 1.54) is 5.56 Å². The number of pyridine rings is 1. The average molecular weight is 283 g/mol. The Bertz CT molecular complexity index is 781. The fraction of sp³-hybridized carbons (Fsp3) is 0.118. The van der Waals surface area contributed by atoms with Gasteiger partial charge < -0.3 is 5.73 Å². The van der Waals surface area contributed by atoms with Crippen LogP contribution >= 0.6 is 11.6 Å². The molecule has 0 atom stereocenters. The maximum absolute atomic E-state index is 6.28. The minimum atomic E-state index is 0.442. The zero-order valence-corrected chi connectivity index (χ0v) is 12.0. The van der Waals surface area contributed by atoms with Gasteiger partial charge in [-0.1, -0.05) is 41.4 Å². The first kappa shape index (κ1) is 13.1. The van der Waals surface area contributed by atoms with E-state index < -0.39 is 0 Å². The molecular weight excluding hydrogens is 268 g/mol. The molecule has 0 bridgehead atoms. The summed E-state index contributed by atoms with van der Waals surface area (Å²) in [7, 11) is 0. The van der Waals surface area contributed by atoms with E-state index in [0.29, 0.717) is 11.6 Å². The van der Waals surface area contributed by atoms with Gasteiger partial charge in [0.05, 0.1) is 11.2 Å². The highest BCUT2D eigenvalue weighted by atomic mass is 35.5. The molecule has 3 rings (SSSR count). The second-order valence-electron chi connectivity index (χ2n) is 4.88. The van der Waals surface area contributed by atoms with Gasteiger partial charge in [0.1, 0.15) is 0 Å². The van der Waals surface area contributed by atoms with Crippen molar-refractivity contribution in [1.29, 1.82) is 0 Å². The fourth-order valence-corrected chi connectivity index (χ4v) is 2.61. The lowest BCUT2D eigenvalue weighted by molar-refractivity contribution is 1.06. The third-order valence-corrected chi connectivity index (χ3v) is 3.73. The largest absolute Gasteiger partial charge is 0.326 e. The van der Waals surface area contributed by atoms with Gasteiger partial charge >= 0.3 is 0 Å². The summed E-state index contributed by atoms with van der Waals surface area (Å²) >= 11 is 6.28. The van der Waals surface area contributed by atoms with Crippen LogP contribution in [0.2, 0.25) is 5.02 Å². The van der Waals surface area contributed by atoms with Crippen LogP contribution in [0.5, 0.6) is 0 Å². The van der Waals surface area contributed by atoms with Crippen LogP contribution in [0, 0.1) is 6.92 Å². The number of halogens is 1. The molecule has 0 aliphatic rings. The summed E-state index contributed by atoms with van der Waals surface area (Å²) in [6.07, 6.45) is 0. The summed E-state index contributed by atoms with van der Waals surface area (Å²) in [5.74, 6) is 0. The maximum Gasteiger partial charge on any atom is 0.0769 e. The lowest BCUT2D eigenvalue weighted by Gasteiger charge is -2.11. The van der Waals surface area contributed by atoms with Crippen molar-refractivity contribution >= 4 is 22.5 Å². The van der Waals surface area contributed by atoms with Gasteiger partial charge in [0, 0.05) is 22.5 Å². The Morgan fingerprint density at radius 2 is 1.90 bits per heavy atom. The van der Waals surface area contributed by atoms with Crippen LogP contribution in [-0.4, -0.2) is 4.98 Å². The second kappa shape index (κ2) is 5.23. The number of aromatic nitrogens is 1. The summed E-state index contributed by atoms with van der Waals surface area (Å²) in [6, 6.07) is 16.0. The van der Waals surface area contributed by atoms with Crippen LogP contribution in [0.25, 0.3) is 22.2 Å². The first-order chi connectivity index (χ1) is 9.69. The average Bonchev–Trinajstić information content (AvgIpc) is 2.46. The molecule has 0 unspecified atom stereocenters. The van der Waals surface area contributed by atoms with Crippen LogP contribution < -0.4 is 5.73 Å². The van der Waals surface area contributed by atoms with E-state index in [-0.39, 0.29) is 0 Å². The lowest BCUT2D eigenvalue weighted by atomic mass is 10.0. The fourth-order valence-electron chi connectivity index (χ4n) is 2.38. The Morgan fingerprint density at radius 3 is 2.65 bits per heavy atom. The number of benzene rings is 2. The third-order valence-electron chi connectivity index (χ3n) is 3.40. The molecule has 2 aromatic carbocycles. The zero-order chi connectivity index (χ0) is 14.1. The van der Waals surface area contributed by atoms with Gasteiger partial charge in [-0.15, -0.1) is 0 Å². The van der Waals surface area contributed by atoms with Crippen LogP contribution in [0.15, 0.2) is 48.5 Å². The van der Waals surface area contributed by atoms with Gasteiger partial charge in [-0.05, 0) is 36.8 Å². The van der Waals surface area contributed by atoms with Gasteiger partial charge in [0.15, 0.2) is 0 Å². The smallest absolute Gasteiger partial charge is 0.0769 e. The first-order valence-corrected chi connectivity index (χ1v) is 6.92. The van der Waals surface area contributed by atoms with Gasteiger partial charge in [-0.25, -0.2) is 4.98 Å². The van der Waals surface area contributed by atoms with Gasteiger partial charge in [0.2, 0.25) is 0 Å². The highest BCUT2D eigenvalue weighted by molar-refractivity contribution is 6.33. The van der Waals surface area contributed by atoms with Crippen molar-refractivity contribution in [2.75, 3.05) is 0 Å². The summed E-state index contributed by atoms with van der Waals surface area (Å²) in [4.78, 5) is 4.75. The second-order valence-corrected chi connectivity index (χ2v) is 5.28. The standard InChI is InChI=1S/C17H15ClN2/c1-11-6-7-16-12(8-11)9-13(10-19)17(20-16)14-4-2-3-5-15(14)18/h2-9H,10,19H2,1H3. The molecule has 0 radical (unpaired) electrons. The van der Waals surface area contributed by atoms with Gasteiger partial charge in [-0.3, -0.25) is 0 Å². The number of hydrogen-bond donors (Lipinski definition) is 1. The lowest BCUT2D eigenvalue weighted by Crippen LogP contribution is -2.02. The van der Waals surface area contributed by atoms with Crippen LogP contribution in [-0.2, 0) is 6.54 Å². The number of nitrogens with two attached hydrogens (primary N) is 1. The van der Waals surface area contributed by atoms with E-state index in [1.807, 2.05) is 30.3 Å². The minimum absolute atomic E-state index is 0.442. The molecule has 0 spiro atoms. The Balaban J connectivity index is 2.30. The predicted octanol–water partition coefficient (Wildman–Crippen LogP) is 4.32. The van der Waals surface area contributed by atoms with E-state index in [9.17, 15) is 0 Å². The summed E-state index contributed by atoms with van der Waals surface area (Å²) in [5.41, 5.74) is 10.9. The van der Waals surface area contributed by atoms with Gasteiger partial charge in [0.25, 0.3) is 0 Å². The highest BCUT2D eigenvalue weighted by Crippen LogP contribution is 2.31. The number of hydrogen-bond acceptors (Lipinski definition) is 2. The Hall–Kier alpha value is -1.90. The molecule has 3 heteroatoms. The molecule has 100 valence electrons. The number of rotatable bonds is 2. The van der Waals surface area contributed by atoms with Crippen LogP contribution in [0.3, 0.4) is 0 Å². The van der Waals surface area contributed by atoms with Crippen LogP contribution in [0.4, 0.5) is 0 Å².